The van der Waals surface area contributed by atoms with E-state index in [1.54, 1.807) is 18.2 Å². The van der Waals surface area contributed by atoms with E-state index in [0.717, 1.165) is 24.9 Å². The first-order valence-corrected chi connectivity index (χ1v) is 7.46. The highest BCUT2D eigenvalue weighted by atomic mass is 19.3. The second-order valence-electron chi connectivity index (χ2n) is 5.89. The van der Waals surface area contributed by atoms with Crippen molar-refractivity contribution < 1.29 is 13.5 Å². The van der Waals surface area contributed by atoms with E-state index in [9.17, 15) is 8.78 Å². The maximum absolute atomic E-state index is 12.3. The zero-order valence-electron chi connectivity index (χ0n) is 12.9. The minimum atomic E-state index is -2.78. The van der Waals surface area contributed by atoms with Crippen LogP contribution in [0.25, 0.3) is 0 Å². The minimum absolute atomic E-state index is 0.117. The fourth-order valence-corrected chi connectivity index (χ4v) is 2.85. The fraction of sp³-hybridized carbons (Fsp3) is 0.625. The van der Waals surface area contributed by atoms with Gasteiger partial charge in [-0.15, -0.1) is 0 Å². The summed E-state index contributed by atoms with van der Waals surface area (Å²) in [7, 11) is 2.15. The maximum Gasteiger partial charge on any atom is 0.387 e. The molecule has 118 valence electrons. The lowest BCUT2D eigenvalue weighted by atomic mass is 9.97. The number of hydrogen-bond donors (Lipinski definition) is 1. The fourth-order valence-electron chi connectivity index (χ4n) is 2.85. The van der Waals surface area contributed by atoms with Crippen molar-refractivity contribution in [2.24, 2.45) is 0 Å². The number of halogens is 2. The van der Waals surface area contributed by atoms with Crippen LogP contribution in [0.3, 0.4) is 0 Å². The molecule has 1 aliphatic heterocycles. The van der Waals surface area contributed by atoms with Gasteiger partial charge in [0.1, 0.15) is 5.75 Å². The number of alkyl halides is 2. The van der Waals surface area contributed by atoms with Crippen LogP contribution in [0.1, 0.15) is 38.3 Å². The highest BCUT2D eigenvalue weighted by Gasteiger charge is 2.24. The molecule has 0 aliphatic carbocycles. The van der Waals surface area contributed by atoms with Gasteiger partial charge >= 0.3 is 6.61 Å². The Kier molecular flexibility index (Phi) is 5.53. The Bertz CT molecular complexity index is 456. The Morgan fingerprint density at radius 2 is 2.14 bits per heavy atom. The van der Waals surface area contributed by atoms with E-state index >= 15 is 0 Å². The van der Waals surface area contributed by atoms with Gasteiger partial charge in [-0.25, -0.2) is 0 Å². The van der Waals surface area contributed by atoms with Crippen LogP contribution in [-0.4, -0.2) is 37.2 Å². The van der Waals surface area contributed by atoms with E-state index in [1.165, 1.54) is 0 Å². The van der Waals surface area contributed by atoms with Crippen LogP contribution in [0.4, 0.5) is 8.78 Å². The smallest absolute Gasteiger partial charge is 0.387 e. The lowest BCUT2D eigenvalue weighted by molar-refractivity contribution is -0.0499. The molecular formula is C16H24F2N2O. The molecule has 1 N–H and O–H groups in total. The first-order valence-electron chi connectivity index (χ1n) is 7.46. The van der Waals surface area contributed by atoms with Crippen molar-refractivity contribution in [3.63, 3.8) is 0 Å². The van der Waals surface area contributed by atoms with E-state index in [1.807, 2.05) is 6.07 Å². The third-order valence-electron chi connectivity index (χ3n) is 4.28. The van der Waals surface area contributed by atoms with Crippen LogP contribution >= 0.6 is 0 Å². The molecule has 1 heterocycles. The predicted molar refractivity (Wildman–Crippen MR) is 79.7 cm³/mol. The third-order valence-corrected chi connectivity index (χ3v) is 4.28. The molecular weight excluding hydrogens is 274 g/mol. The Balaban J connectivity index is 1.95. The largest absolute Gasteiger partial charge is 0.435 e. The second kappa shape index (κ2) is 7.18. The summed E-state index contributed by atoms with van der Waals surface area (Å²) in [6.07, 6.45) is 2.21. The van der Waals surface area contributed by atoms with Gasteiger partial charge in [0.2, 0.25) is 0 Å². The van der Waals surface area contributed by atoms with Crippen LogP contribution < -0.4 is 10.1 Å². The number of piperidine rings is 1. The molecule has 3 unspecified atom stereocenters. The van der Waals surface area contributed by atoms with Crippen LogP contribution in [0.5, 0.6) is 5.75 Å². The lowest BCUT2D eigenvalue weighted by Gasteiger charge is -2.36. The first-order chi connectivity index (χ1) is 9.95. The molecule has 1 saturated heterocycles. The van der Waals surface area contributed by atoms with Gasteiger partial charge in [0.05, 0.1) is 0 Å². The summed E-state index contributed by atoms with van der Waals surface area (Å²) in [5, 5.41) is 3.60. The van der Waals surface area contributed by atoms with Gasteiger partial charge in [-0.05, 0) is 58.0 Å². The van der Waals surface area contributed by atoms with Gasteiger partial charge in [0.25, 0.3) is 0 Å². The summed E-state index contributed by atoms with van der Waals surface area (Å²) in [5.74, 6) is 0.216. The van der Waals surface area contributed by atoms with E-state index in [4.69, 9.17) is 0 Å². The van der Waals surface area contributed by atoms with Gasteiger partial charge in [0.15, 0.2) is 0 Å². The van der Waals surface area contributed by atoms with Crippen molar-refractivity contribution in [3.8, 4) is 5.75 Å². The number of likely N-dealkylation sites (tertiary alicyclic amines) is 1. The van der Waals surface area contributed by atoms with E-state index in [0.29, 0.717) is 12.1 Å². The monoisotopic (exact) mass is 298 g/mol. The molecule has 1 aromatic carbocycles. The topological polar surface area (TPSA) is 24.5 Å². The molecule has 0 amide bonds. The molecule has 1 aromatic rings. The van der Waals surface area contributed by atoms with Crippen LogP contribution in [0.15, 0.2) is 24.3 Å². The van der Waals surface area contributed by atoms with Gasteiger partial charge < -0.3 is 15.0 Å². The van der Waals surface area contributed by atoms with E-state index in [2.05, 4.69) is 35.8 Å². The van der Waals surface area contributed by atoms with Gasteiger partial charge in [-0.2, -0.15) is 8.78 Å². The Labute approximate surface area is 125 Å². The predicted octanol–water partition coefficient (Wildman–Crippen LogP) is 3.42. The van der Waals surface area contributed by atoms with Crippen molar-refractivity contribution in [1.82, 2.24) is 10.2 Å². The van der Waals surface area contributed by atoms with Crippen molar-refractivity contribution in [2.75, 3.05) is 13.6 Å². The van der Waals surface area contributed by atoms with Crippen molar-refractivity contribution >= 4 is 0 Å². The molecule has 3 nitrogen and oxygen atoms in total. The summed E-state index contributed by atoms with van der Waals surface area (Å²) in [4.78, 5) is 2.36. The first kappa shape index (κ1) is 16.2. The average molecular weight is 298 g/mol. The van der Waals surface area contributed by atoms with E-state index in [-0.39, 0.29) is 11.8 Å². The second-order valence-corrected chi connectivity index (χ2v) is 5.89. The molecule has 2 rings (SSSR count). The number of hydrogen-bond acceptors (Lipinski definition) is 3. The van der Waals surface area contributed by atoms with Crippen LogP contribution in [0.2, 0.25) is 0 Å². The summed E-state index contributed by atoms with van der Waals surface area (Å²) in [6.45, 7) is 2.60. The summed E-state index contributed by atoms with van der Waals surface area (Å²) < 4.78 is 29.0. The summed E-state index contributed by atoms with van der Waals surface area (Å²) in [6, 6.07) is 8.08. The maximum atomic E-state index is 12.3. The number of benzene rings is 1. The Hall–Kier alpha value is -1.20. The summed E-state index contributed by atoms with van der Waals surface area (Å²) in [5.41, 5.74) is 0.972. The van der Waals surface area contributed by atoms with Crippen molar-refractivity contribution in [3.05, 3.63) is 29.8 Å². The zero-order valence-corrected chi connectivity index (χ0v) is 12.9. The molecule has 0 saturated carbocycles. The molecule has 5 heteroatoms. The van der Waals surface area contributed by atoms with Gasteiger partial charge in [-0.1, -0.05) is 12.1 Å². The Morgan fingerprint density at radius 3 is 2.81 bits per heavy atom. The molecule has 1 aliphatic rings. The summed E-state index contributed by atoms with van der Waals surface area (Å²) >= 11 is 0. The number of rotatable bonds is 5. The normalized spacial score (nSPS) is 25.0. The van der Waals surface area contributed by atoms with E-state index < -0.39 is 6.61 Å². The minimum Gasteiger partial charge on any atom is -0.435 e. The van der Waals surface area contributed by atoms with Crippen LogP contribution in [-0.2, 0) is 0 Å². The molecule has 0 radical (unpaired) electrons. The van der Waals surface area contributed by atoms with Crippen LogP contribution in [0, 0.1) is 0 Å². The molecule has 0 aromatic heterocycles. The number of nitrogens with zero attached hydrogens (tertiary/aromatic N) is 1. The lowest BCUT2D eigenvalue weighted by Crippen LogP contribution is -2.46. The number of ether oxygens (including phenoxy) is 1. The standard InChI is InChI=1S/C16H24F2N2O/c1-11-9-14(7-8-20(11)3)19-12(2)13-5-4-6-15(10-13)21-16(17)18/h4-6,10-12,14,16,19H,7-9H2,1-3H3. The average Bonchev–Trinajstić information content (AvgIpc) is 2.42. The van der Waals surface area contributed by atoms with Gasteiger partial charge in [0, 0.05) is 18.1 Å². The molecule has 0 bridgehead atoms. The highest BCUT2D eigenvalue weighted by Crippen LogP contribution is 2.23. The Morgan fingerprint density at radius 1 is 1.38 bits per heavy atom. The van der Waals surface area contributed by atoms with Gasteiger partial charge in [-0.3, -0.25) is 0 Å². The van der Waals surface area contributed by atoms with Crippen molar-refractivity contribution in [1.29, 1.82) is 0 Å². The molecule has 3 atom stereocenters. The SMILES string of the molecule is CC(NC1CCN(C)C(C)C1)c1cccc(OC(F)F)c1. The number of nitrogens with one attached hydrogen (secondary N) is 1. The quantitative estimate of drug-likeness (QED) is 0.901. The molecule has 0 spiro atoms. The van der Waals surface area contributed by atoms with Crippen molar-refractivity contribution in [2.45, 2.75) is 51.4 Å². The molecule has 21 heavy (non-hydrogen) atoms. The zero-order chi connectivity index (χ0) is 15.4. The third kappa shape index (κ3) is 4.64. The molecule has 1 fully saturated rings. The highest BCUT2D eigenvalue weighted by molar-refractivity contribution is 5.30.